The van der Waals surface area contributed by atoms with Gasteiger partial charge in [0.2, 0.25) is 5.91 Å². The lowest BCUT2D eigenvalue weighted by molar-refractivity contribution is -0.117. The van der Waals surface area contributed by atoms with Crippen LogP contribution in [0.2, 0.25) is 5.02 Å². The van der Waals surface area contributed by atoms with E-state index in [9.17, 15) is 18.0 Å². The van der Waals surface area contributed by atoms with Gasteiger partial charge in [-0.25, -0.2) is 13.2 Å². The number of anilines is 1. The molecule has 0 unspecified atom stereocenters. The highest BCUT2D eigenvalue weighted by Crippen LogP contribution is 2.40. The van der Waals surface area contributed by atoms with E-state index in [1.165, 1.54) is 29.1 Å². The van der Waals surface area contributed by atoms with Gasteiger partial charge in [0, 0.05) is 12.1 Å². The van der Waals surface area contributed by atoms with Crippen LogP contribution in [0.25, 0.3) is 0 Å². The van der Waals surface area contributed by atoms with Crippen molar-refractivity contribution in [3.05, 3.63) is 64.3 Å². The summed E-state index contributed by atoms with van der Waals surface area (Å²) in [7, 11) is 0. The van der Waals surface area contributed by atoms with Crippen LogP contribution < -0.4 is 5.32 Å². The molecule has 10 heteroatoms. The van der Waals surface area contributed by atoms with Gasteiger partial charge < -0.3 is 5.32 Å². The number of amides is 1. The predicted molar refractivity (Wildman–Crippen MR) is 101 cm³/mol. The minimum atomic E-state index is -2.73. The normalized spacial score (nSPS) is 13.8. The van der Waals surface area contributed by atoms with E-state index in [1.807, 2.05) is 0 Å². The summed E-state index contributed by atoms with van der Waals surface area (Å²) in [6.45, 7) is -0.119. The van der Waals surface area contributed by atoms with Gasteiger partial charge in [0.15, 0.2) is 5.82 Å². The van der Waals surface area contributed by atoms with Gasteiger partial charge in [0.25, 0.3) is 6.43 Å². The van der Waals surface area contributed by atoms with E-state index in [0.29, 0.717) is 11.3 Å². The van der Waals surface area contributed by atoms with Crippen LogP contribution in [-0.2, 0) is 17.9 Å². The van der Waals surface area contributed by atoms with Gasteiger partial charge in [-0.15, -0.1) is 0 Å². The molecule has 1 aliphatic carbocycles. The first-order chi connectivity index (χ1) is 13.9. The molecule has 4 rings (SSSR count). The molecule has 0 saturated heterocycles. The highest BCUT2D eigenvalue weighted by Gasteiger charge is 2.29. The molecule has 2 aromatic heterocycles. The van der Waals surface area contributed by atoms with E-state index in [4.69, 9.17) is 11.6 Å². The number of carbonyl (C=O) groups is 1. The van der Waals surface area contributed by atoms with Crippen LogP contribution >= 0.6 is 11.6 Å². The van der Waals surface area contributed by atoms with Crippen molar-refractivity contribution in [3.8, 4) is 0 Å². The second-order valence-corrected chi connectivity index (χ2v) is 7.34. The van der Waals surface area contributed by atoms with E-state index in [2.05, 4.69) is 15.5 Å². The van der Waals surface area contributed by atoms with E-state index in [0.717, 1.165) is 17.5 Å². The van der Waals surface area contributed by atoms with E-state index < -0.39 is 12.3 Å². The fraction of sp³-hybridized carbons (Fsp3) is 0.316. The first-order valence-corrected chi connectivity index (χ1v) is 9.40. The summed E-state index contributed by atoms with van der Waals surface area (Å²) in [5.41, 5.74) is 0.975. The maximum absolute atomic E-state index is 13.3. The Kier molecular flexibility index (Phi) is 5.31. The summed E-state index contributed by atoms with van der Waals surface area (Å²) in [5.74, 6) is -0.643. The summed E-state index contributed by atoms with van der Waals surface area (Å²) in [4.78, 5) is 12.3. The van der Waals surface area contributed by atoms with Gasteiger partial charge >= 0.3 is 0 Å². The Morgan fingerprint density at radius 1 is 1.28 bits per heavy atom. The number of aromatic nitrogens is 4. The molecule has 1 N–H and O–H groups in total. The molecule has 3 aromatic rings. The van der Waals surface area contributed by atoms with Crippen LogP contribution in [0.15, 0.2) is 36.5 Å². The van der Waals surface area contributed by atoms with Crippen molar-refractivity contribution < 1.29 is 18.0 Å². The largest absolute Gasteiger partial charge is 0.306 e. The fourth-order valence-corrected chi connectivity index (χ4v) is 3.22. The number of nitrogens with one attached hydrogen (secondary N) is 1. The maximum Gasteiger partial charge on any atom is 0.280 e. The second kappa shape index (κ2) is 7.90. The molecule has 1 saturated carbocycles. The van der Waals surface area contributed by atoms with Gasteiger partial charge in [-0.1, -0.05) is 23.7 Å². The Morgan fingerprint density at radius 3 is 2.76 bits per heavy atom. The van der Waals surface area contributed by atoms with Gasteiger partial charge in [-0.3, -0.25) is 14.2 Å². The SMILES string of the molecule is O=C(Cn1nc(C2CC2)cc1C(F)F)Nc1nn(Cc2cccc(F)c2)cc1Cl. The van der Waals surface area contributed by atoms with Crippen LogP contribution in [0.4, 0.5) is 19.0 Å². The van der Waals surface area contributed by atoms with E-state index >= 15 is 0 Å². The van der Waals surface area contributed by atoms with Crippen LogP contribution in [0.3, 0.4) is 0 Å². The lowest BCUT2D eigenvalue weighted by Crippen LogP contribution is -2.21. The zero-order valence-electron chi connectivity index (χ0n) is 15.2. The van der Waals surface area contributed by atoms with Crippen molar-refractivity contribution in [2.75, 3.05) is 5.32 Å². The minimum absolute atomic E-state index is 0.0984. The molecule has 0 aliphatic heterocycles. The number of hydrogen-bond donors (Lipinski definition) is 1. The topological polar surface area (TPSA) is 64.7 Å². The average molecular weight is 424 g/mol. The molecule has 0 spiro atoms. The molecule has 6 nitrogen and oxygen atoms in total. The highest BCUT2D eigenvalue weighted by atomic mass is 35.5. The first-order valence-electron chi connectivity index (χ1n) is 9.02. The van der Waals surface area contributed by atoms with Crippen molar-refractivity contribution in [3.63, 3.8) is 0 Å². The number of benzene rings is 1. The molecule has 1 aliphatic rings. The number of halogens is 4. The molecule has 0 bridgehead atoms. The number of nitrogens with zero attached hydrogens (tertiary/aromatic N) is 4. The molecule has 29 heavy (non-hydrogen) atoms. The van der Waals surface area contributed by atoms with Gasteiger partial charge in [-0.2, -0.15) is 10.2 Å². The highest BCUT2D eigenvalue weighted by molar-refractivity contribution is 6.33. The average Bonchev–Trinajstić information content (AvgIpc) is 3.33. The Morgan fingerprint density at radius 2 is 2.07 bits per heavy atom. The Labute approximate surface area is 169 Å². The van der Waals surface area contributed by atoms with Crippen molar-refractivity contribution in [2.45, 2.75) is 38.3 Å². The first kappa shape index (κ1) is 19.5. The van der Waals surface area contributed by atoms with Crippen molar-refractivity contribution >= 4 is 23.3 Å². The molecule has 1 aromatic carbocycles. The van der Waals surface area contributed by atoms with Crippen LogP contribution in [-0.4, -0.2) is 25.5 Å². The molecule has 152 valence electrons. The zero-order valence-corrected chi connectivity index (χ0v) is 15.9. The maximum atomic E-state index is 13.3. The predicted octanol–water partition coefficient (Wildman–Crippen LogP) is 4.37. The smallest absolute Gasteiger partial charge is 0.280 e. The van der Waals surface area contributed by atoms with Gasteiger partial charge in [-0.05, 0) is 36.6 Å². The van der Waals surface area contributed by atoms with Crippen LogP contribution in [0, 0.1) is 5.82 Å². The van der Waals surface area contributed by atoms with E-state index in [1.54, 1.807) is 12.1 Å². The van der Waals surface area contributed by atoms with Crippen LogP contribution in [0.5, 0.6) is 0 Å². The monoisotopic (exact) mass is 423 g/mol. The second-order valence-electron chi connectivity index (χ2n) is 6.93. The number of hydrogen-bond acceptors (Lipinski definition) is 3. The third-order valence-electron chi connectivity index (χ3n) is 4.55. The number of alkyl halides is 2. The Hall–Kier alpha value is -2.81. The minimum Gasteiger partial charge on any atom is -0.306 e. The number of carbonyl (C=O) groups excluding carboxylic acids is 1. The van der Waals surface area contributed by atoms with Crippen molar-refractivity contribution in [2.24, 2.45) is 0 Å². The molecule has 0 atom stereocenters. The molecule has 1 fully saturated rings. The fourth-order valence-electron chi connectivity index (χ4n) is 3.03. The third-order valence-corrected chi connectivity index (χ3v) is 4.83. The van der Waals surface area contributed by atoms with Gasteiger partial charge in [0.1, 0.15) is 23.1 Å². The lowest BCUT2D eigenvalue weighted by Gasteiger charge is -2.07. The zero-order chi connectivity index (χ0) is 20.5. The molecular formula is C19H17ClF3N5O. The van der Waals surface area contributed by atoms with Crippen LogP contribution in [0.1, 0.15) is 42.1 Å². The quantitative estimate of drug-likeness (QED) is 0.613. The summed E-state index contributed by atoms with van der Waals surface area (Å²) in [5, 5.41) is 11.0. The molecule has 0 radical (unpaired) electrons. The summed E-state index contributed by atoms with van der Waals surface area (Å²) < 4.78 is 42.3. The standard InChI is InChI=1S/C19H17ClF3N5O/c20-14-9-27(8-11-2-1-3-13(21)6-11)26-19(14)24-17(29)10-28-16(18(22)23)7-15(25-28)12-4-5-12/h1-3,6-7,9,12,18H,4-5,8,10H2,(H,24,26,29). The Bertz CT molecular complexity index is 1040. The van der Waals surface area contributed by atoms with Crippen molar-refractivity contribution in [1.29, 1.82) is 0 Å². The van der Waals surface area contributed by atoms with E-state index in [-0.39, 0.29) is 41.4 Å². The lowest BCUT2D eigenvalue weighted by atomic mass is 10.2. The summed E-state index contributed by atoms with van der Waals surface area (Å²) in [6, 6.07) is 7.38. The van der Waals surface area contributed by atoms with Gasteiger partial charge in [0.05, 0.1) is 12.2 Å². The molecule has 1 amide bonds. The Balaban J connectivity index is 1.44. The third kappa shape index (κ3) is 4.61. The summed E-state index contributed by atoms with van der Waals surface area (Å²) >= 11 is 6.11. The van der Waals surface area contributed by atoms with Crippen molar-refractivity contribution in [1.82, 2.24) is 19.6 Å². The molecular weight excluding hydrogens is 407 g/mol. The molecule has 2 heterocycles. The number of rotatable bonds is 7. The summed E-state index contributed by atoms with van der Waals surface area (Å²) in [6.07, 6.45) is 0.608.